The lowest BCUT2D eigenvalue weighted by Gasteiger charge is -2.36. The van der Waals surface area contributed by atoms with E-state index in [0.29, 0.717) is 0 Å². The molecule has 1 heterocycles. The predicted molar refractivity (Wildman–Crippen MR) is 92.5 cm³/mol. The molecule has 1 N–H and O–H groups in total. The first-order chi connectivity index (χ1) is 9.96. The van der Waals surface area contributed by atoms with E-state index in [2.05, 4.69) is 52.8 Å². The molecule has 0 amide bonds. The minimum Gasteiger partial charge on any atom is -0.309 e. The van der Waals surface area contributed by atoms with Crippen LogP contribution in [0.5, 0.6) is 0 Å². The molecule has 1 atom stereocenters. The Kier molecular flexibility index (Phi) is 5.58. The molecule has 1 aromatic heterocycles. The molecular formula is C17H21BrFNS. The molecule has 1 nitrogen and oxygen atoms in total. The molecular weight excluding hydrogens is 349 g/mol. The van der Waals surface area contributed by atoms with E-state index in [-0.39, 0.29) is 17.3 Å². The second-order valence-corrected chi connectivity index (χ2v) is 7.39. The maximum Gasteiger partial charge on any atom is 0.123 e. The molecule has 0 fully saturated rings. The number of halogens is 2. The lowest BCUT2D eigenvalue weighted by atomic mass is 9.75. The summed E-state index contributed by atoms with van der Waals surface area (Å²) in [5.74, 6) is -0.190. The second kappa shape index (κ2) is 7.03. The van der Waals surface area contributed by atoms with Crippen LogP contribution in [0.1, 0.15) is 44.4 Å². The standard InChI is InChI=1S/C17H21BrFNS/c1-4-9-20-16(14-10-21-11-15(14)18)17(2,3)12-5-7-13(19)8-6-12/h5-8,10-11,16,20H,4,9H2,1-3H3. The zero-order valence-electron chi connectivity index (χ0n) is 12.6. The molecule has 0 saturated carbocycles. The zero-order valence-corrected chi connectivity index (χ0v) is 15.0. The van der Waals surface area contributed by atoms with Crippen LogP contribution in [0.15, 0.2) is 39.5 Å². The summed E-state index contributed by atoms with van der Waals surface area (Å²) in [7, 11) is 0. The summed E-state index contributed by atoms with van der Waals surface area (Å²) in [6.07, 6.45) is 1.08. The molecule has 0 bridgehead atoms. The van der Waals surface area contributed by atoms with Crippen molar-refractivity contribution in [3.8, 4) is 0 Å². The van der Waals surface area contributed by atoms with Gasteiger partial charge >= 0.3 is 0 Å². The van der Waals surface area contributed by atoms with E-state index >= 15 is 0 Å². The van der Waals surface area contributed by atoms with Crippen LogP contribution >= 0.6 is 27.3 Å². The van der Waals surface area contributed by atoms with Crippen molar-refractivity contribution in [3.05, 3.63) is 56.4 Å². The van der Waals surface area contributed by atoms with Crippen LogP contribution in [0.4, 0.5) is 4.39 Å². The van der Waals surface area contributed by atoms with Gasteiger partial charge in [-0.25, -0.2) is 4.39 Å². The molecule has 1 unspecified atom stereocenters. The van der Waals surface area contributed by atoms with Crippen LogP contribution in [-0.4, -0.2) is 6.54 Å². The third-order valence-corrected chi connectivity index (χ3v) is 5.61. The average Bonchev–Trinajstić information content (AvgIpc) is 2.86. The molecule has 114 valence electrons. The fraction of sp³-hybridized carbons (Fsp3) is 0.412. The Balaban J connectivity index is 2.39. The Morgan fingerprint density at radius 1 is 1.24 bits per heavy atom. The summed E-state index contributed by atoms with van der Waals surface area (Å²) < 4.78 is 14.3. The van der Waals surface area contributed by atoms with E-state index in [9.17, 15) is 4.39 Å². The number of rotatable bonds is 6. The SMILES string of the molecule is CCCNC(c1cscc1Br)C(C)(C)c1ccc(F)cc1. The smallest absolute Gasteiger partial charge is 0.123 e. The highest BCUT2D eigenvalue weighted by molar-refractivity contribution is 9.10. The highest BCUT2D eigenvalue weighted by atomic mass is 79.9. The van der Waals surface area contributed by atoms with Crippen LogP contribution in [0, 0.1) is 5.82 Å². The fourth-order valence-electron chi connectivity index (χ4n) is 2.59. The molecule has 2 rings (SSSR count). The minimum absolute atomic E-state index is 0.132. The molecule has 0 spiro atoms. The van der Waals surface area contributed by atoms with E-state index in [1.807, 2.05) is 12.1 Å². The first-order valence-electron chi connectivity index (χ1n) is 7.17. The molecule has 21 heavy (non-hydrogen) atoms. The van der Waals surface area contributed by atoms with Gasteiger partial charge in [-0.05, 0) is 57.5 Å². The van der Waals surface area contributed by atoms with E-state index < -0.39 is 0 Å². The van der Waals surface area contributed by atoms with Crippen LogP contribution in [0.3, 0.4) is 0 Å². The number of nitrogens with one attached hydrogen (secondary N) is 1. The van der Waals surface area contributed by atoms with Gasteiger partial charge in [0.05, 0.1) is 0 Å². The summed E-state index contributed by atoms with van der Waals surface area (Å²) >= 11 is 5.34. The van der Waals surface area contributed by atoms with Crippen LogP contribution in [-0.2, 0) is 5.41 Å². The maximum absolute atomic E-state index is 13.2. The van der Waals surface area contributed by atoms with Crippen LogP contribution < -0.4 is 5.32 Å². The first kappa shape index (κ1) is 16.7. The van der Waals surface area contributed by atoms with Gasteiger partial charge in [0.25, 0.3) is 0 Å². The average molecular weight is 370 g/mol. The molecule has 0 saturated heterocycles. The summed E-state index contributed by atoms with van der Waals surface area (Å²) in [4.78, 5) is 0. The van der Waals surface area contributed by atoms with Gasteiger partial charge in [0.15, 0.2) is 0 Å². The maximum atomic E-state index is 13.2. The Bertz CT molecular complexity index is 577. The summed E-state index contributed by atoms with van der Waals surface area (Å²) in [5.41, 5.74) is 2.27. The van der Waals surface area contributed by atoms with Crippen LogP contribution in [0.25, 0.3) is 0 Å². The van der Waals surface area contributed by atoms with Crippen molar-refractivity contribution in [2.75, 3.05) is 6.54 Å². The van der Waals surface area contributed by atoms with Gasteiger partial charge in [-0.1, -0.05) is 32.9 Å². The number of hydrogen-bond donors (Lipinski definition) is 1. The minimum atomic E-state index is -0.190. The summed E-state index contributed by atoms with van der Waals surface area (Å²) in [6.45, 7) is 7.53. The van der Waals surface area contributed by atoms with Crippen LogP contribution in [0.2, 0.25) is 0 Å². The topological polar surface area (TPSA) is 12.0 Å². The normalized spacial score (nSPS) is 13.4. The molecule has 0 aliphatic carbocycles. The highest BCUT2D eigenvalue weighted by Crippen LogP contribution is 2.40. The lowest BCUT2D eigenvalue weighted by Crippen LogP contribution is -2.37. The van der Waals surface area contributed by atoms with Gasteiger partial charge in [-0.2, -0.15) is 11.3 Å². The molecule has 2 aromatic rings. The Morgan fingerprint density at radius 2 is 1.90 bits per heavy atom. The van der Waals surface area contributed by atoms with Gasteiger partial charge < -0.3 is 5.32 Å². The molecule has 0 aliphatic heterocycles. The molecule has 1 aromatic carbocycles. The predicted octanol–water partition coefficient (Wildman–Crippen LogP) is 5.67. The van der Waals surface area contributed by atoms with E-state index in [1.165, 1.54) is 17.7 Å². The van der Waals surface area contributed by atoms with Gasteiger partial charge in [-0.15, -0.1) is 0 Å². The quantitative estimate of drug-likeness (QED) is 0.691. The van der Waals surface area contributed by atoms with Gasteiger partial charge in [-0.3, -0.25) is 0 Å². The Morgan fingerprint density at radius 3 is 2.43 bits per heavy atom. The van der Waals surface area contributed by atoms with Gasteiger partial charge in [0, 0.05) is 21.3 Å². The van der Waals surface area contributed by atoms with Crippen molar-refractivity contribution in [2.45, 2.75) is 38.6 Å². The van der Waals surface area contributed by atoms with Crippen molar-refractivity contribution >= 4 is 27.3 Å². The molecule has 0 aliphatic rings. The second-order valence-electron chi connectivity index (χ2n) is 5.79. The van der Waals surface area contributed by atoms with E-state index in [1.54, 1.807) is 11.3 Å². The monoisotopic (exact) mass is 369 g/mol. The van der Waals surface area contributed by atoms with Crippen molar-refractivity contribution in [1.29, 1.82) is 0 Å². The summed E-state index contributed by atoms with van der Waals surface area (Å²) in [5, 5.41) is 7.94. The fourth-order valence-corrected chi connectivity index (χ4v) is 4.14. The van der Waals surface area contributed by atoms with Crippen molar-refractivity contribution in [1.82, 2.24) is 5.32 Å². The van der Waals surface area contributed by atoms with E-state index in [4.69, 9.17) is 0 Å². The number of thiophene rings is 1. The van der Waals surface area contributed by atoms with Gasteiger partial charge in [0.2, 0.25) is 0 Å². The zero-order chi connectivity index (χ0) is 15.5. The Hall–Kier alpha value is -0.710. The van der Waals surface area contributed by atoms with Gasteiger partial charge in [0.1, 0.15) is 5.82 Å². The largest absolute Gasteiger partial charge is 0.309 e. The van der Waals surface area contributed by atoms with Crippen molar-refractivity contribution < 1.29 is 4.39 Å². The van der Waals surface area contributed by atoms with Crippen molar-refractivity contribution in [3.63, 3.8) is 0 Å². The number of benzene rings is 1. The lowest BCUT2D eigenvalue weighted by molar-refractivity contribution is 0.347. The van der Waals surface area contributed by atoms with Crippen molar-refractivity contribution in [2.24, 2.45) is 0 Å². The first-order valence-corrected chi connectivity index (χ1v) is 8.91. The highest BCUT2D eigenvalue weighted by Gasteiger charge is 2.33. The summed E-state index contributed by atoms with van der Waals surface area (Å²) in [6, 6.07) is 7.03. The Labute approximate surface area is 138 Å². The third-order valence-electron chi connectivity index (χ3n) is 3.86. The third kappa shape index (κ3) is 3.74. The molecule has 4 heteroatoms. The number of hydrogen-bond acceptors (Lipinski definition) is 2. The van der Waals surface area contributed by atoms with E-state index in [0.717, 1.165) is 23.0 Å². The molecule has 0 radical (unpaired) electrons.